The van der Waals surface area contributed by atoms with Crippen molar-refractivity contribution in [2.24, 2.45) is 0 Å². The number of rotatable bonds is 3. The van der Waals surface area contributed by atoms with Crippen molar-refractivity contribution in [3.8, 4) is 5.75 Å². The molecule has 4 nitrogen and oxygen atoms in total. The highest BCUT2D eigenvalue weighted by Crippen LogP contribution is 2.32. The summed E-state index contributed by atoms with van der Waals surface area (Å²) in [6.07, 6.45) is 4.06. The first-order chi connectivity index (χ1) is 12.2. The molecule has 0 atom stereocenters. The number of anilines is 1. The van der Waals surface area contributed by atoms with Crippen molar-refractivity contribution in [1.29, 1.82) is 0 Å². The lowest BCUT2D eigenvalue weighted by atomic mass is 10.1. The molecule has 0 bridgehead atoms. The van der Waals surface area contributed by atoms with Gasteiger partial charge in [0.05, 0.1) is 5.02 Å². The average Bonchev–Trinajstić information content (AvgIpc) is 3.26. The van der Waals surface area contributed by atoms with Crippen molar-refractivity contribution >= 4 is 23.3 Å². The van der Waals surface area contributed by atoms with Crippen LogP contribution in [0.15, 0.2) is 42.5 Å². The van der Waals surface area contributed by atoms with E-state index in [-0.39, 0.29) is 12.1 Å². The van der Waals surface area contributed by atoms with Gasteiger partial charge in [-0.1, -0.05) is 35.9 Å². The molecule has 1 N–H and O–H groups in total. The van der Waals surface area contributed by atoms with E-state index in [0.717, 1.165) is 38.8 Å². The lowest BCUT2D eigenvalue weighted by molar-refractivity contribution is 0.214. The third-order valence-electron chi connectivity index (χ3n) is 4.88. The van der Waals surface area contributed by atoms with Gasteiger partial charge >= 0.3 is 6.03 Å². The van der Waals surface area contributed by atoms with Crippen molar-refractivity contribution in [2.75, 3.05) is 18.4 Å². The van der Waals surface area contributed by atoms with Crippen LogP contribution >= 0.6 is 11.6 Å². The quantitative estimate of drug-likeness (QED) is 0.878. The van der Waals surface area contributed by atoms with Crippen molar-refractivity contribution in [3.05, 3.63) is 58.6 Å². The van der Waals surface area contributed by atoms with Gasteiger partial charge in [0, 0.05) is 31.6 Å². The number of carbonyl (C=O) groups excluding carboxylic acids is 1. The van der Waals surface area contributed by atoms with Crippen LogP contribution in [0.4, 0.5) is 10.5 Å². The molecule has 5 heteroatoms. The first kappa shape index (κ1) is 16.3. The topological polar surface area (TPSA) is 41.6 Å². The molecule has 0 aromatic heterocycles. The Morgan fingerprint density at radius 2 is 1.76 bits per heavy atom. The third-order valence-corrected chi connectivity index (χ3v) is 5.18. The van der Waals surface area contributed by atoms with Crippen molar-refractivity contribution in [3.63, 3.8) is 0 Å². The molecule has 25 heavy (non-hydrogen) atoms. The van der Waals surface area contributed by atoms with E-state index in [2.05, 4.69) is 29.6 Å². The number of fused-ring (bicyclic) bond motifs is 1. The predicted molar refractivity (Wildman–Crippen MR) is 99.5 cm³/mol. The Hall–Kier alpha value is -2.20. The molecule has 2 aromatic rings. The molecule has 2 amide bonds. The molecular formula is C20H21ClN2O2. The van der Waals surface area contributed by atoms with Gasteiger partial charge in [0.1, 0.15) is 11.9 Å². The van der Waals surface area contributed by atoms with Gasteiger partial charge in [-0.05, 0) is 42.2 Å². The molecular weight excluding hydrogens is 336 g/mol. The van der Waals surface area contributed by atoms with Crippen LogP contribution in [-0.2, 0) is 12.8 Å². The molecule has 2 aliphatic rings. The van der Waals surface area contributed by atoms with Gasteiger partial charge in [-0.25, -0.2) is 4.79 Å². The number of hydrogen-bond donors (Lipinski definition) is 1. The van der Waals surface area contributed by atoms with E-state index >= 15 is 0 Å². The zero-order valence-corrected chi connectivity index (χ0v) is 14.8. The van der Waals surface area contributed by atoms with Crippen LogP contribution in [0, 0.1) is 0 Å². The van der Waals surface area contributed by atoms with Crippen molar-refractivity contribution in [2.45, 2.75) is 31.8 Å². The Morgan fingerprint density at radius 1 is 1.08 bits per heavy atom. The summed E-state index contributed by atoms with van der Waals surface area (Å²) in [5, 5.41) is 3.43. The highest BCUT2D eigenvalue weighted by atomic mass is 35.5. The highest BCUT2D eigenvalue weighted by Gasteiger charge is 2.23. The van der Waals surface area contributed by atoms with Gasteiger partial charge in [-0.2, -0.15) is 0 Å². The van der Waals surface area contributed by atoms with Gasteiger partial charge in [-0.3, -0.25) is 0 Å². The molecule has 0 spiro atoms. The number of carbonyl (C=O) groups is 1. The van der Waals surface area contributed by atoms with E-state index < -0.39 is 0 Å². The molecule has 4 rings (SSSR count). The second-order valence-corrected chi connectivity index (χ2v) is 7.09. The highest BCUT2D eigenvalue weighted by molar-refractivity contribution is 6.32. The normalized spacial score (nSPS) is 16.8. The van der Waals surface area contributed by atoms with Gasteiger partial charge in [0.15, 0.2) is 0 Å². The minimum Gasteiger partial charge on any atom is -0.488 e. The van der Waals surface area contributed by atoms with E-state index in [1.54, 1.807) is 6.07 Å². The molecule has 130 valence electrons. The van der Waals surface area contributed by atoms with Crippen LogP contribution in [0.5, 0.6) is 5.75 Å². The zero-order valence-electron chi connectivity index (χ0n) is 14.0. The number of nitrogens with zero attached hydrogens (tertiary/aromatic N) is 1. The molecule has 1 aliphatic heterocycles. The summed E-state index contributed by atoms with van der Waals surface area (Å²) in [6.45, 7) is 1.64. The molecule has 1 fully saturated rings. The van der Waals surface area contributed by atoms with Gasteiger partial charge in [0.25, 0.3) is 0 Å². The number of benzene rings is 2. The maximum absolute atomic E-state index is 12.2. The van der Waals surface area contributed by atoms with Crippen LogP contribution in [0.25, 0.3) is 0 Å². The lowest BCUT2D eigenvalue weighted by Crippen LogP contribution is -2.32. The predicted octanol–water partition coefficient (Wildman–Crippen LogP) is 4.51. The molecule has 0 radical (unpaired) electrons. The summed E-state index contributed by atoms with van der Waals surface area (Å²) in [7, 11) is 0. The number of halogens is 1. The van der Waals surface area contributed by atoms with Crippen molar-refractivity contribution < 1.29 is 9.53 Å². The fourth-order valence-corrected chi connectivity index (χ4v) is 3.80. The minimum atomic E-state index is -0.0616. The number of ether oxygens (including phenoxy) is 1. The smallest absolute Gasteiger partial charge is 0.321 e. The van der Waals surface area contributed by atoms with E-state index in [0.29, 0.717) is 16.5 Å². The number of urea groups is 1. The summed E-state index contributed by atoms with van der Waals surface area (Å²) < 4.78 is 6.09. The summed E-state index contributed by atoms with van der Waals surface area (Å²) >= 11 is 6.37. The maximum atomic E-state index is 12.2. The average molecular weight is 357 g/mol. The minimum absolute atomic E-state index is 0.0616. The fourth-order valence-electron chi connectivity index (χ4n) is 3.58. The monoisotopic (exact) mass is 356 g/mol. The van der Waals surface area contributed by atoms with E-state index in [1.165, 1.54) is 11.1 Å². The van der Waals surface area contributed by atoms with E-state index in [4.69, 9.17) is 16.3 Å². The van der Waals surface area contributed by atoms with Crippen molar-refractivity contribution in [1.82, 2.24) is 4.90 Å². The third kappa shape index (κ3) is 3.59. The molecule has 1 saturated heterocycles. The summed E-state index contributed by atoms with van der Waals surface area (Å²) in [5.41, 5.74) is 3.39. The van der Waals surface area contributed by atoms with E-state index in [1.807, 2.05) is 17.0 Å². The Kier molecular flexibility index (Phi) is 4.53. The lowest BCUT2D eigenvalue weighted by Gasteiger charge is -2.18. The van der Waals surface area contributed by atoms with Gasteiger partial charge in [-0.15, -0.1) is 0 Å². The Bertz CT molecular complexity index is 762. The number of nitrogens with one attached hydrogen (secondary N) is 1. The SMILES string of the molecule is O=C(Nc1ccc(OC2Cc3ccccc3C2)c(Cl)c1)N1CCCC1. The van der Waals surface area contributed by atoms with Crippen LogP contribution in [0.2, 0.25) is 5.02 Å². The van der Waals surface area contributed by atoms with Crippen LogP contribution in [0.3, 0.4) is 0 Å². The zero-order chi connectivity index (χ0) is 17.2. The first-order valence-corrected chi connectivity index (χ1v) is 9.16. The van der Waals surface area contributed by atoms with Crippen LogP contribution in [-0.4, -0.2) is 30.1 Å². The maximum Gasteiger partial charge on any atom is 0.321 e. The summed E-state index contributed by atoms with van der Waals surface area (Å²) in [4.78, 5) is 14.0. The van der Waals surface area contributed by atoms with Gasteiger partial charge in [0.2, 0.25) is 0 Å². The number of likely N-dealkylation sites (tertiary alicyclic amines) is 1. The Balaban J connectivity index is 1.39. The molecule has 1 aliphatic carbocycles. The first-order valence-electron chi connectivity index (χ1n) is 8.78. The molecule has 2 aromatic carbocycles. The second kappa shape index (κ2) is 6.96. The molecule has 1 heterocycles. The number of amides is 2. The number of hydrogen-bond acceptors (Lipinski definition) is 2. The largest absolute Gasteiger partial charge is 0.488 e. The van der Waals surface area contributed by atoms with Crippen LogP contribution in [0.1, 0.15) is 24.0 Å². The Morgan fingerprint density at radius 3 is 2.40 bits per heavy atom. The second-order valence-electron chi connectivity index (χ2n) is 6.69. The van der Waals surface area contributed by atoms with Crippen LogP contribution < -0.4 is 10.1 Å². The Labute approximate surface area is 152 Å². The molecule has 0 unspecified atom stereocenters. The summed E-state index contributed by atoms with van der Waals surface area (Å²) in [5.74, 6) is 0.665. The van der Waals surface area contributed by atoms with E-state index in [9.17, 15) is 4.79 Å². The fraction of sp³-hybridized carbons (Fsp3) is 0.350. The van der Waals surface area contributed by atoms with Gasteiger partial charge < -0.3 is 15.0 Å². The standard InChI is InChI=1S/C20H21ClN2O2/c21-18-13-16(22-20(24)23-9-3-4-10-23)7-8-19(18)25-17-11-14-5-1-2-6-15(14)12-17/h1-2,5-8,13,17H,3-4,9-12H2,(H,22,24). The summed E-state index contributed by atoms with van der Waals surface area (Å²) in [6, 6.07) is 13.8. The molecule has 0 saturated carbocycles.